The molecule has 1 atom stereocenters. The van der Waals surface area contributed by atoms with E-state index in [9.17, 15) is 4.79 Å². The maximum Gasteiger partial charge on any atom is 0.237 e. The summed E-state index contributed by atoms with van der Waals surface area (Å²) in [5.41, 5.74) is 6.82. The third-order valence-corrected chi connectivity index (χ3v) is 4.23. The first-order valence-corrected chi connectivity index (χ1v) is 8.04. The molecule has 0 aliphatic rings. The number of fused-ring (bicyclic) bond motifs is 1. The Morgan fingerprint density at radius 2 is 2.19 bits per heavy atom. The number of benzene rings is 1. The summed E-state index contributed by atoms with van der Waals surface area (Å²) in [5, 5.41) is 4.12. The fourth-order valence-electron chi connectivity index (χ4n) is 2.25. The third-order valence-electron chi connectivity index (χ3n) is 3.36. The number of imidazole rings is 1. The second-order valence-corrected chi connectivity index (χ2v) is 6.74. The standard InChI is InChI=1S/C15H22N4OS/c1-10(2)19-15(3,13(16)20)8-9-21-14-17-11-6-4-5-7-12(11)18-14/h4-7,10,19H,8-9H2,1-3H3,(H2,16,20)(H,17,18). The number of H-pyrrole nitrogens is 1. The van der Waals surface area contributed by atoms with Gasteiger partial charge in [-0.3, -0.25) is 4.79 Å². The van der Waals surface area contributed by atoms with Crippen molar-refractivity contribution in [3.63, 3.8) is 0 Å². The van der Waals surface area contributed by atoms with E-state index in [0.717, 1.165) is 21.9 Å². The number of hydrogen-bond acceptors (Lipinski definition) is 4. The van der Waals surface area contributed by atoms with Crippen LogP contribution in [0, 0.1) is 0 Å². The number of hydrogen-bond donors (Lipinski definition) is 3. The van der Waals surface area contributed by atoms with Crippen molar-refractivity contribution in [1.29, 1.82) is 0 Å². The van der Waals surface area contributed by atoms with Crippen LogP contribution in [-0.4, -0.2) is 33.2 Å². The molecule has 0 bridgehead atoms. The second kappa shape index (κ2) is 6.49. The molecule has 4 N–H and O–H groups in total. The van der Waals surface area contributed by atoms with Crippen molar-refractivity contribution in [3.8, 4) is 0 Å². The molecule has 21 heavy (non-hydrogen) atoms. The number of rotatable bonds is 7. The first-order valence-electron chi connectivity index (χ1n) is 7.06. The van der Waals surface area contributed by atoms with E-state index in [1.54, 1.807) is 11.8 Å². The van der Waals surface area contributed by atoms with Gasteiger partial charge in [0.25, 0.3) is 0 Å². The fraction of sp³-hybridized carbons (Fsp3) is 0.467. The average Bonchev–Trinajstić information content (AvgIpc) is 2.80. The SMILES string of the molecule is CC(C)NC(C)(CCSc1nc2ccccc2[nH]1)C(N)=O. The number of amides is 1. The van der Waals surface area contributed by atoms with Crippen LogP contribution in [0.1, 0.15) is 27.2 Å². The number of aromatic nitrogens is 2. The van der Waals surface area contributed by atoms with Crippen molar-refractivity contribution in [3.05, 3.63) is 24.3 Å². The van der Waals surface area contributed by atoms with Gasteiger partial charge >= 0.3 is 0 Å². The normalized spacial score (nSPS) is 14.5. The highest BCUT2D eigenvalue weighted by Crippen LogP contribution is 2.22. The highest BCUT2D eigenvalue weighted by molar-refractivity contribution is 7.99. The molecule has 0 saturated carbocycles. The van der Waals surface area contributed by atoms with Crippen molar-refractivity contribution in [1.82, 2.24) is 15.3 Å². The van der Waals surface area contributed by atoms with Gasteiger partial charge in [0.15, 0.2) is 5.16 Å². The van der Waals surface area contributed by atoms with E-state index in [0.29, 0.717) is 6.42 Å². The molecule has 6 heteroatoms. The molecule has 1 aromatic carbocycles. The number of thioether (sulfide) groups is 1. The molecular formula is C15H22N4OS. The van der Waals surface area contributed by atoms with Crippen molar-refractivity contribution in [2.45, 2.75) is 43.9 Å². The van der Waals surface area contributed by atoms with Gasteiger partial charge in [-0.15, -0.1) is 0 Å². The monoisotopic (exact) mass is 306 g/mol. The van der Waals surface area contributed by atoms with E-state index in [1.807, 2.05) is 45.0 Å². The van der Waals surface area contributed by atoms with Crippen LogP contribution in [0.4, 0.5) is 0 Å². The molecule has 2 aromatic rings. The van der Waals surface area contributed by atoms with E-state index >= 15 is 0 Å². The largest absolute Gasteiger partial charge is 0.368 e. The summed E-state index contributed by atoms with van der Waals surface area (Å²) in [6.45, 7) is 5.87. The molecular weight excluding hydrogens is 284 g/mol. The summed E-state index contributed by atoms with van der Waals surface area (Å²) in [6, 6.07) is 8.13. The summed E-state index contributed by atoms with van der Waals surface area (Å²) >= 11 is 1.60. The molecule has 0 spiro atoms. The maximum atomic E-state index is 11.7. The van der Waals surface area contributed by atoms with Crippen LogP contribution in [0.2, 0.25) is 0 Å². The van der Waals surface area contributed by atoms with Gasteiger partial charge < -0.3 is 16.0 Å². The number of para-hydroxylation sites is 2. The smallest absolute Gasteiger partial charge is 0.237 e. The van der Waals surface area contributed by atoms with Gasteiger partial charge in [0.05, 0.1) is 16.6 Å². The summed E-state index contributed by atoms with van der Waals surface area (Å²) in [5.74, 6) is 0.445. The molecule has 5 nitrogen and oxygen atoms in total. The Balaban J connectivity index is 1.97. The van der Waals surface area contributed by atoms with E-state index in [4.69, 9.17) is 5.73 Å². The van der Waals surface area contributed by atoms with Crippen LogP contribution >= 0.6 is 11.8 Å². The molecule has 1 aromatic heterocycles. The average molecular weight is 306 g/mol. The number of carbonyl (C=O) groups is 1. The second-order valence-electron chi connectivity index (χ2n) is 5.65. The molecule has 0 fully saturated rings. The number of nitrogens with one attached hydrogen (secondary N) is 2. The lowest BCUT2D eigenvalue weighted by Gasteiger charge is -2.29. The zero-order valence-corrected chi connectivity index (χ0v) is 13.5. The highest BCUT2D eigenvalue weighted by atomic mass is 32.2. The summed E-state index contributed by atoms with van der Waals surface area (Å²) in [7, 11) is 0. The predicted molar refractivity (Wildman–Crippen MR) is 87.3 cm³/mol. The van der Waals surface area contributed by atoms with Gasteiger partial charge in [0, 0.05) is 11.8 Å². The van der Waals surface area contributed by atoms with Gasteiger partial charge in [-0.05, 0) is 39.3 Å². The van der Waals surface area contributed by atoms with Crippen LogP contribution in [-0.2, 0) is 4.79 Å². The number of primary amides is 1. The number of aromatic amines is 1. The minimum absolute atomic E-state index is 0.207. The minimum atomic E-state index is -0.687. The van der Waals surface area contributed by atoms with Crippen molar-refractivity contribution >= 4 is 28.7 Å². The fourth-order valence-corrected chi connectivity index (χ4v) is 3.30. The van der Waals surface area contributed by atoms with E-state index < -0.39 is 5.54 Å². The molecule has 0 saturated heterocycles. The first kappa shape index (κ1) is 15.9. The first-order chi connectivity index (χ1) is 9.90. The predicted octanol–water partition coefficient (Wildman–Crippen LogP) is 2.29. The maximum absolute atomic E-state index is 11.7. The molecule has 1 heterocycles. The van der Waals surface area contributed by atoms with Gasteiger partial charge in [-0.2, -0.15) is 0 Å². The van der Waals surface area contributed by atoms with Crippen molar-refractivity contribution < 1.29 is 4.79 Å². The van der Waals surface area contributed by atoms with Gasteiger partial charge in [-0.1, -0.05) is 23.9 Å². The Hall–Kier alpha value is -1.53. The molecule has 1 amide bonds. The number of nitrogens with two attached hydrogens (primary N) is 1. The lowest BCUT2D eigenvalue weighted by Crippen LogP contribution is -2.55. The van der Waals surface area contributed by atoms with Crippen molar-refractivity contribution in [2.75, 3.05) is 5.75 Å². The Bertz CT molecular complexity index is 592. The molecule has 0 radical (unpaired) electrons. The van der Waals surface area contributed by atoms with Crippen LogP contribution in [0.3, 0.4) is 0 Å². The van der Waals surface area contributed by atoms with E-state index in [2.05, 4.69) is 15.3 Å². The summed E-state index contributed by atoms with van der Waals surface area (Å²) < 4.78 is 0. The molecule has 0 aliphatic carbocycles. The zero-order chi connectivity index (χ0) is 15.5. The Morgan fingerprint density at radius 3 is 2.81 bits per heavy atom. The number of nitrogens with zero attached hydrogens (tertiary/aromatic N) is 1. The summed E-state index contributed by atoms with van der Waals surface area (Å²) in [6.07, 6.45) is 0.655. The van der Waals surface area contributed by atoms with Gasteiger partial charge in [0.1, 0.15) is 0 Å². The lowest BCUT2D eigenvalue weighted by molar-refractivity contribution is -0.124. The Kier molecular flexibility index (Phi) is 4.90. The Labute approximate surface area is 129 Å². The highest BCUT2D eigenvalue weighted by Gasteiger charge is 2.30. The Morgan fingerprint density at radius 1 is 1.48 bits per heavy atom. The third kappa shape index (κ3) is 3.98. The van der Waals surface area contributed by atoms with Crippen LogP contribution < -0.4 is 11.1 Å². The van der Waals surface area contributed by atoms with Crippen molar-refractivity contribution in [2.24, 2.45) is 5.73 Å². The lowest BCUT2D eigenvalue weighted by atomic mass is 9.97. The van der Waals surface area contributed by atoms with E-state index in [1.165, 1.54) is 0 Å². The molecule has 114 valence electrons. The number of carbonyl (C=O) groups excluding carboxylic acids is 1. The van der Waals surface area contributed by atoms with Crippen LogP contribution in [0.15, 0.2) is 29.4 Å². The summed E-state index contributed by atoms with van der Waals surface area (Å²) in [4.78, 5) is 19.4. The minimum Gasteiger partial charge on any atom is -0.368 e. The quantitative estimate of drug-likeness (QED) is 0.685. The van der Waals surface area contributed by atoms with Crippen LogP contribution in [0.25, 0.3) is 11.0 Å². The zero-order valence-electron chi connectivity index (χ0n) is 12.6. The van der Waals surface area contributed by atoms with Crippen LogP contribution in [0.5, 0.6) is 0 Å². The molecule has 2 rings (SSSR count). The van der Waals surface area contributed by atoms with Gasteiger partial charge in [-0.25, -0.2) is 4.98 Å². The van der Waals surface area contributed by atoms with E-state index in [-0.39, 0.29) is 11.9 Å². The topological polar surface area (TPSA) is 83.8 Å². The molecule has 0 aliphatic heterocycles. The van der Waals surface area contributed by atoms with Gasteiger partial charge in [0.2, 0.25) is 5.91 Å². The molecule has 1 unspecified atom stereocenters.